The van der Waals surface area contributed by atoms with Crippen molar-refractivity contribution in [3.63, 3.8) is 0 Å². The monoisotopic (exact) mass is 193 g/mol. The lowest BCUT2D eigenvalue weighted by Gasteiger charge is -2.17. The van der Waals surface area contributed by atoms with Gasteiger partial charge in [0.15, 0.2) is 0 Å². The quantitative estimate of drug-likeness (QED) is 0.502. The van der Waals surface area contributed by atoms with E-state index in [9.17, 15) is 14.4 Å². The molecule has 0 aromatic carbocycles. The van der Waals surface area contributed by atoms with Crippen LogP contribution in [0.15, 0.2) is 0 Å². The van der Waals surface area contributed by atoms with Gasteiger partial charge in [-0.3, -0.25) is 19.3 Å². The van der Waals surface area contributed by atoms with Gasteiger partial charge in [-0.2, -0.15) is 0 Å². The molecule has 3 fully saturated rings. The number of Topliss-reactive ketones (excluding diaryl/α,β-unsaturated/α-hetero) is 1. The fourth-order valence-electron chi connectivity index (χ4n) is 3.34. The summed E-state index contributed by atoms with van der Waals surface area (Å²) in [5, 5.41) is 0. The number of carbonyl (C=O) groups is 3. The highest BCUT2D eigenvalue weighted by molar-refractivity contribution is 6.12. The van der Waals surface area contributed by atoms with E-state index in [4.69, 9.17) is 0 Å². The highest BCUT2D eigenvalue weighted by atomic mass is 16.2. The molecule has 2 saturated carbocycles. The molecule has 2 amide bonds. The Morgan fingerprint density at radius 1 is 1.00 bits per heavy atom. The fourth-order valence-corrected chi connectivity index (χ4v) is 3.34. The molecule has 2 bridgehead atoms. The summed E-state index contributed by atoms with van der Waals surface area (Å²) in [4.78, 5) is 36.2. The summed E-state index contributed by atoms with van der Waals surface area (Å²) in [7, 11) is 1.52. The molecular formula is C10H11NO3. The highest BCUT2D eigenvalue weighted by Gasteiger charge is 2.64. The van der Waals surface area contributed by atoms with Crippen LogP contribution < -0.4 is 0 Å². The third kappa shape index (κ3) is 0.656. The third-order valence-electron chi connectivity index (χ3n) is 4.00. The molecule has 0 aromatic rings. The molecule has 0 spiro atoms. The summed E-state index contributed by atoms with van der Waals surface area (Å²) in [5.74, 6) is -1.02. The zero-order chi connectivity index (χ0) is 10.0. The van der Waals surface area contributed by atoms with Gasteiger partial charge in [-0.1, -0.05) is 0 Å². The number of fused-ring (bicyclic) bond motifs is 5. The predicted octanol–water partition coefficient (Wildman–Crippen LogP) is -0.174. The van der Waals surface area contributed by atoms with Gasteiger partial charge < -0.3 is 0 Å². The molecular weight excluding hydrogens is 182 g/mol. The second-order valence-corrected chi connectivity index (χ2v) is 4.48. The number of rotatable bonds is 0. The number of hydrogen-bond donors (Lipinski definition) is 0. The van der Waals surface area contributed by atoms with Crippen LogP contribution in [-0.2, 0) is 14.4 Å². The first-order valence-electron chi connectivity index (χ1n) is 4.98. The van der Waals surface area contributed by atoms with Crippen molar-refractivity contribution in [1.29, 1.82) is 0 Å². The molecule has 0 N–H and O–H groups in total. The molecule has 4 nitrogen and oxygen atoms in total. The largest absolute Gasteiger partial charge is 0.299 e. The van der Waals surface area contributed by atoms with Crippen molar-refractivity contribution in [2.24, 2.45) is 23.7 Å². The van der Waals surface area contributed by atoms with Crippen molar-refractivity contribution in [3.05, 3.63) is 0 Å². The molecule has 3 aliphatic rings. The molecule has 74 valence electrons. The molecule has 3 rings (SSSR count). The molecule has 14 heavy (non-hydrogen) atoms. The summed E-state index contributed by atoms with van der Waals surface area (Å²) in [6, 6.07) is 0. The van der Waals surface area contributed by atoms with E-state index in [1.54, 1.807) is 0 Å². The Labute approximate surface area is 81.3 Å². The summed E-state index contributed by atoms with van der Waals surface area (Å²) in [5.41, 5.74) is 0. The Kier molecular flexibility index (Phi) is 1.30. The zero-order valence-electron chi connectivity index (χ0n) is 7.90. The highest BCUT2D eigenvalue weighted by Crippen LogP contribution is 2.53. The maximum Gasteiger partial charge on any atom is 0.233 e. The van der Waals surface area contributed by atoms with Crippen LogP contribution in [0.1, 0.15) is 12.8 Å². The maximum atomic E-state index is 11.7. The molecule has 1 heterocycles. The summed E-state index contributed by atoms with van der Waals surface area (Å²) >= 11 is 0. The molecule has 0 unspecified atom stereocenters. The number of carbonyl (C=O) groups excluding carboxylic acids is 3. The van der Waals surface area contributed by atoms with Gasteiger partial charge in [0.05, 0.1) is 11.8 Å². The van der Waals surface area contributed by atoms with E-state index in [1.807, 2.05) is 0 Å². The Hall–Kier alpha value is -1.19. The minimum atomic E-state index is -0.307. The van der Waals surface area contributed by atoms with Crippen molar-refractivity contribution >= 4 is 17.6 Å². The number of likely N-dealkylation sites (tertiary alicyclic amines) is 1. The number of imide groups is 1. The third-order valence-corrected chi connectivity index (χ3v) is 4.00. The summed E-state index contributed by atoms with van der Waals surface area (Å²) in [6.45, 7) is 0. The van der Waals surface area contributed by atoms with E-state index in [0.717, 1.165) is 12.8 Å². The molecule has 1 saturated heterocycles. The van der Waals surface area contributed by atoms with Crippen LogP contribution in [0, 0.1) is 23.7 Å². The van der Waals surface area contributed by atoms with Gasteiger partial charge in [0, 0.05) is 18.9 Å². The van der Waals surface area contributed by atoms with Crippen molar-refractivity contribution in [3.8, 4) is 0 Å². The van der Waals surface area contributed by atoms with Gasteiger partial charge >= 0.3 is 0 Å². The van der Waals surface area contributed by atoms with Crippen molar-refractivity contribution in [1.82, 2.24) is 4.90 Å². The first kappa shape index (κ1) is 8.15. The van der Waals surface area contributed by atoms with Crippen LogP contribution in [0.5, 0.6) is 0 Å². The van der Waals surface area contributed by atoms with Crippen LogP contribution in [0.25, 0.3) is 0 Å². The molecule has 0 aromatic heterocycles. The minimum Gasteiger partial charge on any atom is -0.299 e. The van der Waals surface area contributed by atoms with Gasteiger partial charge in [-0.15, -0.1) is 0 Å². The normalized spacial score (nSPS) is 45.2. The van der Waals surface area contributed by atoms with Crippen molar-refractivity contribution in [2.45, 2.75) is 12.8 Å². The standard InChI is InChI=1S/C10H11NO3/c1-11-9(13)6-4-2-3-5(8(4)12)7(6)10(11)14/h4-7H,2-3H2,1H3/t4-,5+,6-,7+. The fraction of sp³-hybridized carbons (Fsp3) is 0.700. The second-order valence-electron chi connectivity index (χ2n) is 4.48. The van der Waals surface area contributed by atoms with Crippen molar-refractivity contribution < 1.29 is 14.4 Å². The lowest BCUT2D eigenvalue weighted by atomic mass is 9.81. The average Bonchev–Trinajstić information content (AvgIpc) is 2.74. The van der Waals surface area contributed by atoms with E-state index >= 15 is 0 Å². The van der Waals surface area contributed by atoms with Crippen LogP contribution in [0.4, 0.5) is 0 Å². The number of amides is 2. The van der Waals surface area contributed by atoms with Gasteiger partial charge in [0.2, 0.25) is 11.8 Å². The average molecular weight is 193 g/mol. The van der Waals surface area contributed by atoms with Gasteiger partial charge in [-0.05, 0) is 12.8 Å². The summed E-state index contributed by atoms with van der Waals surface area (Å²) < 4.78 is 0. The predicted molar refractivity (Wildman–Crippen MR) is 46.0 cm³/mol. The van der Waals surface area contributed by atoms with E-state index < -0.39 is 0 Å². The van der Waals surface area contributed by atoms with Crippen LogP contribution in [0.3, 0.4) is 0 Å². The zero-order valence-corrected chi connectivity index (χ0v) is 7.90. The number of nitrogens with zero attached hydrogens (tertiary/aromatic N) is 1. The van der Waals surface area contributed by atoms with E-state index in [0.29, 0.717) is 0 Å². The molecule has 0 radical (unpaired) electrons. The Balaban J connectivity index is 2.08. The molecule has 4 atom stereocenters. The Morgan fingerprint density at radius 2 is 1.43 bits per heavy atom. The van der Waals surface area contributed by atoms with E-state index in [1.165, 1.54) is 11.9 Å². The van der Waals surface area contributed by atoms with Gasteiger partial charge in [0.1, 0.15) is 5.78 Å². The van der Waals surface area contributed by atoms with Crippen LogP contribution in [0.2, 0.25) is 0 Å². The SMILES string of the molecule is CN1C(=O)[C@@H]2[C@H](C1=O)[C@H]1CC[C@@H]2C1=O. The Bertz CT molecular complexity index is 330. The van der Waals surface area contributed by atoms with Gasteiger partial charge in [0.25, 0.3) is 0 Å². The lowest BCUT2D eigenvalue weighted by Crippen LogP contribution is -2.30. The summed E-state index contributed by atoms with van der Waals surface area (Å²) in [6.07, 6.45) is 1.61. The lowest BCUT2D eigenvalue weighted by molar-refractivity contribution is -0.141. The van der Waals surface area contributed by atoms with Crippen molar-refractivity contribution in [2.75, 3.05) is 7.05 Å². The first-order valence-corrected chi connectivity index (χ1v) is 4.98. The second kappa shape index (κ2) is 2.24. The minimum absolute atomic E-state index is 0.138. The first-order chi connectivity index (χ1) is 6.63. The topological polar surface area (TPSA) is 54.5 Å². The molecule has 1 aliphatic heterocycles. The molecule has 2 aliphatic carbocycles. The maximum absolute atomic E-state index is 11.7. The number of hydrogen-bond acceptors (Lipinski definition) is 3. The smallest absolute Gasteiger partial charge is 0.233 e. The number of ketones is 1. The Morgan fingerprint density at radius 3 is 1.86 bits per heavy atom. The van der Waals surface area contributed by atoms with Crippen LogP contribution in [-0.4, -0.2) is 29.5 Å². The van der Waals surface area contributed by atoms with Gasteiger partial charge in [-0.25, -0.2) is 0 Å². The molecule has 4 heteroatoms. The van der Waals surface area contributed by atoms with Crippen LogP contribution >= 0.6 is 0 Å². The van der Waals surface area contributed by atoms with E-state index in [-0.39, 0.29) is 41.3 Å². The van der Waals surface area contributed by atoms with E-state index in [2.05, 4.69) is 0 Å².